The maximum atomic E-state index is 12.2. The predicted molar refractivity (Wildman–Crippen MR) is 110 cm³/mol. The van der Waals surface area contributed by atoms with E-state index in [0.29, 0.717) is 22.5 Å². The molecule has 11 nitrogen and oxygen atoms in total. The number of hydrogen-bond acceptors (Lipinski definition) is 7. The summed E-state index contributed by atoms with van der Waals surface area (Å²) >= 11 is 6.46. The molecule has 30 heavy (non-hydrogen) atoms. The molecular formula is C17H21ClN4O7S. The molecule has 0 fully saturated rings. The number of carbonyl (C=O) groups is 5. The average Bonchev–Trinajstić information content (AvgIpc) is 2.68. The summed E-state index contributed by atoms with van der Waals surface area (Å²) in [5, 5.41) is 24.4. The van der Waals surface area contributed by atoms with Gasteiger partial charge in [-0.05, 0) is 30.7 Å². The van der Waals surface area contributed by atoms with E-state index in [1.165, 1.54) is 0 Å². The normalized spacial score (nSPS) is 12.3. The van der Waals surface area contributed by atoms with Gasteiger partial charge < -0.3 is 31.9 Å². The molecule has 2 unspecified atom stereocenters. The number of thioether (sulfide) groups is 1. The molecule has 1 rings (SSSR count). The second-order valence-corrected chi connectivity index (χ2v) is 7.37. The van der Waals surface area contributed by atoms with Gasteiger partial charge in [-0.1, -0.05) is 23.4 Å². The van der Waals surface area contributed by atoms with Crippen molar-refractivity contribution in [2.75, 3.05) is 17.6 Å². The zero-order valence-electron chi connectivity index (χ0n) is 15.6. The molecule has 0 saturated carbocycles. The number of amides is 3. The van der Waals surface area contributed by atoms with Gasteiger partial charge in [0, 0.05) is 22.9 Å². The summed E-state index contributed by atoms with van der Waals surface area (Å²) in [7, 11) is 0. The minimum atomic E-state index is -1.28. The van der Waals surface area contributed by atoms with Crippen molar-refractivity contribution in [2.24, 2.45) is 5.73 Å². The van der Waals surface area contributed by atoms with Crippen molar-refractivity contribution in [1.82, 2.24) is 10.6 Å². The summed E-state index contributed by atoms with van der Waals surface area (Å²) in [4.78, 5) is 57.6. The Morgan fingerprint density at radius 3 is 2.30 bits per heavy atom. The number of nitrogens with two attached hydrogens (primary N) is 1. The van der Waals surface area contributed by atoms with Crippen LogP contribution >= 0.6 is 23.4 Å². The van der Waals surface area contributed by atoms with E-state index in [2.05, 4.69) is 16.0 Å². The molecule has 0 aromatic heterocycles. The Hall–Kier alpha value is -2.83. The summed E-state index contributed by atoms with van der Waals surface area (Å²) in [6.45, 7) is -0.670. The lowest BCUT2D eigenvalue weighted by Crippen LogP contribution is -2.49. The lowest BCUT2D eigenvalue weighted by molar-refractivity contribution is -0.139. The number of rotatable bonds is 11. The molecule has 1 aromatic carbocycles. The molecule has 0 radical (unpaired) electrons. The van der Waals surface area contributed by atoms with Crippen molar-refractivity contribution in [3.63, 3.8) is 0 Å². The zero-order chi connectivity index (χ0) is 22.7. The highest BCUT2D eigenvalue weighted by molar-refractivity contribution is 8.13. The fraction of sp³-hybridized carbons (Fsp3) is 0.353. The van der Waals surface area contributed by atoms with E-state index in [9.17, 15) is 24.0 Å². The first-order chi connectivity index (χ1) is 14.1. The lowest BCUT2D eigenvalue weighted by atomic mass is 10.1. The van der Waals surface area contributed by atoms with E-state index in [-0.39, 0.29) is 18.6 Å². The largest absolute Gasteiger partial charge is 0.480 e. The molecule has 0 aliphatic rings. The van der Waals surface area contributed by atoms with E-state index in [4.69, 9.17) is 27.5 Å². The van der Waals surface area contributed by atoms with Gasteiger partial charge in [0.2, 0.25) is 11.8 Å². The van der Waals surface area contributed by atoms with Crippen LogP contribution in [0.2, 0.25) is 5.02 Å². The number of nitrogens with one attached hydrogen (secondary N) is 3. The van der Waals surface area contributed by atoms with Gasteiger partial charge in [0.25, 0.3) is 5.24 Å². The Morgan fingerprint density at radius 1 is 1.10 bits per heavy atom. The molecule has 0 aliphatic carbocycles. The highest BCUT2D eigenvalue weighted by Gasteiger charge is 2.23. The summed E-state index contributed by atoms with van der Waals surface area (Å²) in [5.41, 5.74) is 5.80. The standard InChI is InChI=1S/C17H21ClN4O7S/c18-9-1-3-10(4-2-9)21-17(29)30-8-12(15(26)20-7-14(24)25)22-13(23)6-5-11(19)16(27)28/h1-4,11-12H,5-8,19H2,(H,20,26)(H,21,29)(H,22,23)(H,24,25)(H,27,28). The van der Waals surface area contributed by atoms with Gasteiger partial charge in [-0.2, -0.15) is 0 Å². The quantitative estimate of drug-likeness (QED) is 0.273. The van der Waals surface area contributed by atoms with Crippen molar-refractivity contribution >= 4 is 58.0 Å². The van der Waals surface area contributed by atoms with Gasteiger partial charge in [-0.15, -0.1) is 0 Å². The van der Waals surface area contributed by atoms with Crippen LogP contribution in [0.5, 0.6) is 0 Å². The minimum Gasteiger partial charge on any atom is -0.480 e. The minimum absolute atomic E-state index is 0.158. The van der Waals surface area contributed by atoms with Crippen LogP contribution < -0.4 is 21.7 Å². The third-order valence-electron chi connectivity index (χ3n) is 3.54. The Morgan fingerprint density at radius 2 is 1.73 bits per heavy atom. The fourth-order valence-corrected chi connectivity index (χ4v) is 2.86. The van der Waals surface area contributed by atoms with E-state index >= 15 is 0 Å². The Labute approximate surface area is 180 Å². The van der Waals surface area contributed by atoms with Crippen molar-refractivity contribution in [3.05, 3.63) is 29.3 Å². The topological polar surface area (TPSA) is 188 Å². The molecule has 0 bridgehead atoms. The molecule has 1 aromatic rings. The first-order valence-electron chi connectivity index (χ1n) is 8.55. The highest BCUT2D eigenvalue weighted by atomic mass is 35.5. The SMILES string of the molecule is NC(CCC(=O)NC(CSC(=O)Nc1ccc(Cl)cc1)C(=O)NCC(=O)O)C(=O)O. The predicted octanol–water partition coefficient (Wildman–Crippen LogP) is 0.483. The summed E-state index contributed by atoms with van der Waals surface area (Å²) in [6.07, 6.45) is -0.424. The number of carboxylic acid groups (broad SMARTS) is 2. The van der Waals surface area contributed by atoms with Crippen molar-refractivity contribution in [1.29, 1.82) is 0 Å². The monoisotopic (exact) mass is 460 g/mol. The number of anilines is 1. The van der Waals surface area contributed by atoms with Crippen LogP contribution in [0.3, 0.4) is 0 Å². The van der Waals surface area contributed by atoms with Crippen LogP contribution in [0.25, 0.3) is 0 Å². The van der Waals surface area contributed by atoms with Gasteiger partial charge in [-0.25, -0.2) is 0 Å². The first kappa shape index (κ1) is 25.2. The smallest absolute Gasteiger partial charge is 0.322 e. The maximum Gasteiger partial charge on any atom is 0.322 e. The molecular weight excluding hydrogens is 440 g/mol. The van der Waals surface area contributed by atoms with Gasteiger partial charge in [0.1, 0.15) is 18.6 Å². The van der Waals surface area contributed by atoms with Crippen molar-refractivity contribution in [3.8, 4) is 0 Å². The third-order valence-corrected chi connectivity index (χ3v) is 4.65. The second-order valence-electron chi connectivity index (χ2n) is 5.95. The van der Waals surface area contributed by atoms with Crippen molar-refractivity contribution < 1.29 is 34.2 Å². The van der Waals surface area contributed by atoms with Gasteiger partial charge in [-0.3, -0.25) is 24.0 Å². The summed E-state index contributed by atoms with van der Waals surface area (Å²) < 4.78 is 0. The van der Waals surface area contributed by atoms with Crippen LogP contribution in [0.1, 0.15) is 12.8 Å². The van der Waals surface area contributed by atoms with Gasteiger partial charge in [0.15, 0.2) is 0 Å². The van der Waals surface area contributed by atoms with E-state index < -0.39 is 47.6 Å². The molecule has 2 atom stereocenters. The Kier molecular flexibility index (Phi) is 10.6. The average molecular weight is 461 g/mol. The molecule has 0 aliphatic heterocycles. The number of carbonyl (C=O) groups excluding carboxylic acids is 3. The molecule has 3 amide bonds. The van der Waals surface area contributed by atoms with E-state index in [0.717, 1.165) is 0 Å². The zero-order valence-corrected chi connectivity index (χ0v) is 17.2. The van der Waals surface area contributed by atoms with Gasteiger partial charge in [0.05, 0.1) is 0 Å². The summed E-state index contributed by atoms with van der Waals surface area (Å²) in [5.74, 6) is -4.22. The third kappa shape index (κ3) is 10.1. The molecule has 0 heterocycles. The molecule has 0 saturated heterocycles. The Balaban J connectivity index is 2.65. The molecule has 7 N–H and O–H groups in total. The summed E-state index contributed by atoms with van der Waals surface area (Å²) in [6, 6.07) is 3.84. The number of hydrogen-bond donors (Lipinski definition) is 6. The molecule has 13 heteroatoms. The number of aliphatic carboxylic acids is 2. The number of halogens is 1. The number of carboxylic acids is 2. The van der Waals surface area contributed by atoms with Crippen LogP contribution in [-0.4, -0.2) is 63.6 Å². The lowest BCUT2D eigenvalue weighted by Gasteiger charge is -2.18. The fourth-order valence-electron chi connectivity index (χ4n) is 1.99. The highest BCUT2D eigenvalue weighted by Crippen LogP contribution is 2.16. The first-order valence-corrected chi connectivity index (χ1v) is 9.91. The number of benzene rings is 1. The van der Waals surface area contributed by atoms with E-state index in [1.807, 2.05) is 0 Å². The van der Waals surface area contributed by atoms with Crippen LogP contribution in [0, 0.1) is 0 Å². The maximum absolute atomic E-state index is 12.2. The second kappa shape index (κ2) is 12.7. The van der Waals surface area contributed by atoms with Crippen LogP contribution in [0.15, 0.2) is 24.3 Å². The van der Waals surface area contributed by atoms with E-state index in [1.54, 1.807) is 24.3 Å². The van der Waals surface area contributed by atoms with Gasteiger partial charge >= 0.3 is 11.9 Å². The van der Waals surface area contributed by atoms with Crippen LogP contribution in [-0.2, 0) is 19.2 Å². The molecule has 164 valence electrons. The van der Waals surface area contributed by atoms with Crippen molar-refractivity contribution in [2.45, 2.75) is 24.9 Å². The van der Waals surface area contributed by atoms with Crippen LogP contribution in [0.4, 0.5) is 10.5 Å². The Bertz CT molecular complexity index is 791. The molecule has 0 spiro atoms.